The molecule has 0 radical (unpaired) electrons. The van der Waals surface area contributed by atoms with E-state index >= 15 is 0 Å². The Morgan fingerprint density at radius 1 is 1.42 bits per heavy atom. The third-order valence-electron chi connectivity index (χ3n) is 3.06. The summed E-state index contributed by atoms with van der Waals surface area (Å²) in [7, 11) is 0. The van der Waals surface area contributed by atoms with Gasteiger partial charge >= 0.3 is 0 Å². The predicted octanol–water partition coefficient (Wildman–Crippen LogP) is 3.04. The summed E-state index contributed by atoms with van der Waals surface area (Å²) in [6.07, 6.45) is 4.23. The minimum absolute atomic E-state index is 0.0274. The number of halogens is 2. The standard InChI is InChI=1S/C14H15BrFN3/c1-9-8-18-5-4-11(9)14(19-17)7-10-2-3-13(16)12(15)6-10/h2-6,8,14,19H,7,17H2,1H3. The molecular formula is C14H15BrFN3. The van der Waals surface area contributed by atoms with Crippen LogP contribution in [0.5, 0.6) is 0 Å². The second-order valence-electron chi connectivity index (χ2n) is 4.40. The highest BCUT2D eigenvalue weighted by molar-refractivity contribution is 9.10. The number of hydrogen-bond acceptors (Lipinski definition) is 3. The van der Waals surface area contributed by atoms with Crippen molar-refractivity contribution in [3.05, 3.63) is 63.6 Å². The van der Waals surface area contributed by atoms with Gasteiger partial charge in [0, 0.05) is 12.4 Å². The van der Waals surface area contributed by atoms with Gasteiger partial charge in [0.2, 0.25) is 0 Å². The zero-order chi connectivity index (χ0) is 13.8. The molecule has 0 saturated heterocycles. The lowest BCUT2D eigenvalue weighted by molar-refractivity contribution is 0.547. The average molecular weight is 324 g/mol. The summed E-state index contributed by atoms with van der Waals surface area (Å²) < 4.78 is 13.7. The fraction of sp³-hybridized carbons (Fsp3) is 0.214. The van der Waals surface area contributed by atoms with E-state index in [1.165, 1.54) is 6.07 Å². The number of nitrogens with one attached hydrogen (secondary N) is 1. The van der Waals surface area contributed by atoms with Gasteiger partial charge in [-0.25, -0.2) is 4.39 Å². The molecule has 3 N–H and O–H groups in total. The van der Waals surface area contributed by atoms with Crippen LogP contribution in [0, 0.1) is 12.7 Å². The normalized spacial score (nSPS) is 12.4. The molecule has 3 nitrogen and oxygen atoms in total. The summed E-state index contributed by atoms with van der Waals surface area (Å²) in [5.41, 5.74) is 5.98. The quantitative estimate of drug-likeness (QED) is 0.671. The van der Waals surface area contributed by atoms with Gasteiger partial charge in [0.05, 0.1) is 10.5 Å². The summed E-state index contributed by atoms with van der Waals surface area (Å²) >= 11 is 3.19. The maximum atomic E-state index is 13.2. The summed E-state index contributed by atoms with van der Waals surface area (Å²) in [5.74, 6) is 5.37. The molecule has 0 amide bonds. The first kappa shape index (κ1) is 14.1. The summed E-state index contributed by atoms with van der Waals surface area (Å²) in [6, 6.07) is 6.91. The van der Waals surface area contributed by atoms with E-state index < -0.39 is 0 Å². The summed E-state index contributed by atoms with van der Waals surface area (Å²) in [6.45, 7) is 1.99. The van der Waals surface area contributed by atoms with Gasteiger partial charge in [-0.15, -0.1) is 0 Å². The maximum absolute atomic E-state index is 13.2. The van der Waals surface area contributed by atoms with E-state index in [4.69, 9.17) is 5.84 Å². The molecule has 0 spiro atoms. The monoisotopic (exact) mass is 323 g/mol. The van der Waals surface area contributed by atoms with Gasteiger partial charge in [-0.05, 0) is 64.2 Å². The van der Waals surface area contributed by atoms with Crippen molar-refractivity contribution in [3.63, 3.8) is 0 Å². The smallest absolute Gasteiger partial charge is 0.137 e. The minimum atomic E-state index is -0.263. The lowest BCUT2D eigenvalue weighted by Gasteiger charge is -2.18. The van der Waals surface area contributed by atoms with Crippen LogP contribution in [0.2, 0.25) is 0 Å². The van der Waals surface area contributed by atoms with Gasteiger partial charge in [-0.3, -0.25) is 16.3 Å². The topological polar surface area (TPSA) is 50.9 Å². The molecule has 0 saturated carbocycles. The molecule has 1 heterocycles. The van der Waals surface area contributed by atoms with Crippen LogP contribution < -0.4 is 11.3 Å². The molecule has 19 heavy (non-hydrogen) atoms. The Morgan fingerprint density at radius 2 is 2.21 bits per heavy atom. The number of nitrogens with zero attached hydrogens (tertiary/aromatic N) is 1. The highest BCUT2D eigenvalue weighted by atomic mass is 79.9. The Kier molecular flexibility index (Phi) is 4.63. The Bertz CT molecular complexity index is 574. The molecule has 2 rings (SSSR count). The van der Waals surface area contributed by atoms with Crippen LogP contribution in [0.15, 0.2) is 41.1 Å². The summed E-state index contributed by atoms with van der Waals surface area (Å²) in [5, 5.41) is 0. The molecule has 5 heteroatoms. The third kappa shape index (κ3) is 3.37. The molecule has 1 atom stereocenters. The van der Waals surface area contributed by atoms with Crippen molar-refractivity contribution in [1.29, 1.82) is 0 Å². The first-order valence-electron chi connectivity index (χ1n) is 5.92. The number of benzene rings is 1. The third-order valence-corrected chi connectivity index (χ3v) is 3.67. The van der Waals surface area contributed by atoms with Gasteiger partial charge < -0.3 is 0 Å². The first-order chi connectivity index (χ1) is 9.11. The van der Waals surface area contributed by atoms with Crippen molar-refractivity contribution in [1.82, 2.24) is 10.4 Å². The summed E-state index contributed by atoms with van der Waals surface area (Å²) in [4.78, 5) is 4.07. The maximum Gasteiger partial charge on any atom is 0.137 e. The molecule has 0 aliphatic carbocycles. The Morgan fingerprint density at radius 3 is 2.84 bits per heavy atom. The van der Waals surface area contributed by atoms with Crippen molar-refractivity contribution < 1.29 is 4.39 Å². The van der Waals surface area contributed by atoms with E-state index in [0.717, 1.165) is 16.7 Å². The first-order valence-corrected chi connectivity index (χ1v) is 6.71. The zero-order valence-electron chi connectivity index (χ0n) is 10.5. The lowest BCUT2D eigenvalue weighted by atomic mass is 9.97. The zero-order valence-corrected chi connectivity index (χ0v) is 12.1. The van der Waals surface area contributed by atoms with Crippen molar-refractivity contribution in [3.8, 4) is 0 Å². The van der Waals surface area contributed by atoms with Crippen LogP contribution in [-0.4, -0.2) is 4.98 Å². The predicted molar refractivity (Wildman–Crippen MR) is 76.8 cm³/mol. The molecule has 100 valence electrons. The van der Waals surface area contributed by atoms with Crippen LogP contribution in [0.25, 0.3) is 0 Å². The highest BCUT2D eigenvalue weighted by Crippen LogP contribution is 2.23. The van der Waals surface area contributed by atoms with Gasteiger partial charge in [-0.1, -0.05) is 6.07 Å². The van der Waals surface area contributed by atoms with Gasteiger partial charge in [0.15, 0.2) is 0 Å². The largest absolute Gasteiger partial charge is 0.271 e. The van der Waals surface area contributed by atoms with Crippen LogP contribution in [0.4, 0.5) is 4.39 Å². The number of aromatic nitrogens is 1. The number of pyridine rings is 1. The van der Waals surface area contributed by atoms with Crippen LogP contribution in [0.1, 0.15) is 22.7 Å². The molecule has 1 aromatic carbocycles. The van der Waals surface area contributed by atoms with Gasteiger partial charge in [0.25, 0.3) is 0 Å². The van der Waals surface area contributed by atoms with E-state index in [1.54, 1.807) is 24.5 Å². The van der Waals surface area contributed by atoms with Gasteiger partial charge in [-0.2, -0.15) is 0 Å². The second kappa shape index (κ2) is 6.23. The van der Waals surface area contributed by atoms with E-state index in [2.05, 4.69) is 26.3 Å². The Balaban J connectivity index is 2.24. The molecule has 0 bridgehead atoms. The number of hydrazine groups is 1. The van der Waals surface area contributed by atoms with Crippen molar-refractivity contribution in [2.75, 3.05) is 0 Å². The van der Waals surface area contributed by atoms with Crippen molar-refractivity contribution in [2.24, 2.45) is 5.84 Å². The highest BCUT2D eigenvalue weighted by Gasteiger charge is 2.13. The fourth-order valence-corrected chi connectivity index (χ4v) is 2.46. The lowest BCUT2D eigenvalue weighted by Crippen LogP contribution is -2.30. The fourth-order valence-electron chi connectivity index (χ4n) is 2.04. The number of hydrogen-bond donors (Lipinski definition) is 2. The van der Waals surface area contributed by atoms with Crippen molar-refractivity contribution in [2.45, 2.75) is 19.4 Å². The van der Waals surface area contributed by atoms with Crippen LogP contribution >= 0.6 is 15.9 Å². The number of aryl methyl sites for hydroxylation is 1. The Hall–Kier alpha value is -1.30. The minimum Gasteiger partial charge on any atom is -0.271 e. The number of nitrogens with two attached hydrogens (primary N) is 1. The molecule has 0 fully saturated rings. The molecule has 1 unspecified atom stereocenters. The van der Waals surface area contributed by atoms with Crippen LogP contribution in [-0.2, 0) is 6.42 Å². The van der Waals surface area contributed by atoms with Gasteiger partial charge in [0.1, 0.15) is 5.82 Å². The molecule has 0 aliphatic rings. The average Bonchev–Trinajstić information content (AvgIpc) is 2.41. The second-order valence-corrected chi connectivity index (χ2v) is 5.26. The SMILES string of the molecule is Cc1cnccc1C(Cc1ccc(F)c(Br)c1)NN. The van der Waals surface area contributed by atoms with E-state index in [-0.39, 0.29) is 11.9 Å². The molecule has 0 aliphatic heterocycles. The molecule has 2 aromatic rings. The number of rotatable bonds is 4. The van der Waals surface area contributed by atoms with Crippen LogP contribution in [0.3, 0.4) is 0 Å². The van der Waals surface area contributed by atoms with E-state index in [0.29, 0.717) is 10.9 Å². The van der Waals surface area contributed by atoms with Crippen molar-refractivity contribution >= 4 is 15.9 Å². The molecular weight excluding hydrogens is 309 g/mol. The van der Waals surface area contributed by atoms with E-state index in [9.17, 15) is 4.39 Å². The van der Waals surface area contributed by atoms with E-state index in [1.807, 2.05) is 13.0 Å². The Labute approximate surface area is 120 Å². The molecule has 1 aromatic heterocycles.